The molecule has 0 radical (unpaired) electrons. The average molecular weight is 365 g/mol. The van der Waals surface area contributed by atoms with Gasteiger partial charge in [0.2, 0.25) is 11.8 Å². The Kier molecular flexibility index (Phi) is 6.16. The van der Waals surface area contributed by atoms with Crippen molar-refractivity contribution in [2.45, 2.75) is 69.9 Å². The standard InChI is InChI=1S/C19H31N3O4/c1-26-18(25)14(10-13-6-5-9-20-16(13)23)22-17(24)15-11-19(12-21-15)7-3-2-4-8-19/h13-15,21H,2-12H2,1H3,(H,20,23)(H,22,24)/t13-,14-,15?/m0/s1. The molecule has 0 bridgehead atoms. The van der Waals surface area contributed by atoms with Gasteiger partial charge in [-0.1, -0.05) is 19.3 Å². The summed E-state index contributed by atoms with van der Waals surface area (Å²) in [5.74, 6) is -0.935. The van der Waals surface area contributed by atoms with Gasteiger partial charge in [0.25, 0.3) is 0 Å². The fourth-order valence-electron chi connectivity index (χ4n) is 4.76. The molecule has 3 fully saturated rings. The molecule has 3 N–H and O–H groups in total. The van der Waals surface area contributed by atoms with Gasteiger partial charge in [0, 0.05) is 19.0 Å². The molecule has 1 aliphatic carbocycles. The second kappa shape index (κ2) is 8.37. The van der Waals surface area contributed by atoms with Crippen molar-refractivity contribution in [3.8, 4) is 0 Å². The van der Waals surface area contributed by atoms with E-state index in [1.165, 1.54) is 39.2 Å². The number of hydrogen-bond donors (Lipinski definition) is 3. The van der Waals surface area contributed by atoms with Crippen LogP contribution in [0.1, 0.15) is 57.8 Å². The van der Waals surface area contributed by atoms with Gasteiger partial charge in [0.05, 0.1) is 13.2 Å². The quantitative estimate of drug-likeness (QED) is 0.628. The van der Waals surface area contributed by atoms with E-state index in [-0.39, 0.29) is 29.2 Å². The van der Waals surface area contributed by atoms with E-state index >= 15 is 0 Å². The van der Waals surface area contributed by atoms with Gasteiger partial charge in [0.1, 0.15) is 6.04 Å². The Morgan fingerprint density at radius 3 is 2.73 bits per heavy atom. The lowest BCUT2D eigenvalue weighted by atomic mass is 9.72. The molecule has 3 rings (SSSR count). The van der Waals surface area contributed by atoms with E-state index in [1.54, 1.807) is 0 Å². The van der Waals surface area contributed by atoms with Gasteiger partial charge in [-0.25, -0.2) is 4.79 Å². The molecule has 1 unspecified atom stereocenters. The molecular weight excluding hydrogens is 334 g/mol. The highest BCUT2D eigenvalue weighted by molar-refractivity contribution is 5.88. The fraction of sp³-hybridized carbons (Fsp3) is 0.842. The first-order valence-corrected chi connectivity index (χ1v) is 9.92. The minimum atomic E-state index is -0.772. The molecule has 0 aromatic heterocycles. The minimum absolute atomic E-state index is 0.0421. The predicted octanol–water partition coefficient (Wildman–Crippen LogP) is 0.873. The van der Waals surface area contributed by atoms with Crippen molar-refractivity contribution in [1.82, 2.24) is 16.0 Å². The predicted molar refractivity (Wildman–Crippen MR) is 96.2 cm³/mol. The van der Waals surface area contributed by atoms with Crippen LogP contribution in [0.25, 0.3) is 0 Å². The molecule has 3 aliphatic rings. The Hall–Kier alpha value is -1.63. The normalized spacial score (nSPS) is 29.0. The lowest BCUT2D eigenvalue weighted by Gasteiger charge is -2.32. The first kappa shape index (κ1) is 19.1. The molecule has 2 amide bonds. The van der Waals surface area contributed by atoms with Crippen LogP contribution in [0, 0.1) is 11.3 Å². The zero-order chi connectivity index (χ0) is 18.6. The number of methoxy groups -OCH3 is 1. The van der Waals surface area contributed by atoms with Crippen LogP contribution in [0.3, 0.4) is 0 Å². The molecule has 3 atom stereocenters. The number of esters is 1. The van der Waals surface area contributed by atoms with Crippen LogP contribution >= 0.6 is 0 Å². The van der Waals surface area contributed by atoms with Crippen molar-refractivity contribution in [2.24, 2.45) is 11.3 Å². The molecule has 146 valence electrons. The van der Waals surface area contributed by atoms with Gasteiger partial charge in [-0.2, -0.15) is 0 Å². The van der Waals surface area contributed by atoms with Gasteiger partial charge in [-0.15, -0.1) is 0 Å². The third-order valence-corrected chi connectivity index (χ3v) is 6.31. The molecule has 2 saturated heterocycles. The molecule has 1 saturated carbocycles. The maximum atomic E-state index is 12.7. The molecule has 7 nitrogen and oxygen atoms in total. The van der Waals surface area contributed by atoms with Crippen LogP contribution in [0.15, 0.2) is 0 Å². The lowest BCUT2D eigenvalue weighted by molar-refractivity contribution is -0.146. The molecule has 0 aromatic carbocycles. The van der Waals surface area contributed by atoms with Crippen LogP contribution in [0.2, 0.25) is 0 Å². The number of hydrogen-bond acceptors (Lipinski definition) is 5. The second-order valence-corrected chi connectivity index (χ2v) is 8.15. The fourth-order valence-corrected chi connectivity index (χ4v) is 4.76. The molecule has 26 heavy (non-hydrogen) atoms. The van der Waals surface area contributed by atoms with Crippen molar-refractivity contribution in [2.75, 3.05) is 20.2 Å². The van der Waals surface area contributed by atoms with Crippen LogP contribution in [-0.4, -0.2) is 50.1 Å². The van der Waals surface area contributed by atoms with Crippen molar-refractivity contribution in [1.29, 1.82) is 0 Å². The zero-order valence-corrected chi connectivity index (χ0v) is 15.6. The SMILES string of the molecule is COC(=O)[C@H](C[C@@H]1CCCNC1=O)NC(=O)C1CC2(CCCCC2)CN1. The van der Waals surface area contributed by atoms with E-state index < -0.39 is 12.0 Å². The van der Waals surface area contributed by atoms with Crippen LogP contribution in [-0.2, 0) is 19.1 Å². The number of ether oxygens (including phenoxy) is 1. The van der Waals surface area contributed by atoms with Crippen molar-refractivity contribution in [3.05, 3.63) is 0 Å². The van der Waals surface area contributed by atoms with E-state index in [1.807, 2.05) is 0 Å². The van der Waals surface area contributed by atoms with Crippen LogP contribution in [0.4, 0.5) is 0 Å². The van der Waals surface area contributed by atoms with Gasteiger partial charge in [0.15, 0.2) is 0 Å². The van der Waals surface area contributed by atoms with Crippen molar-refractivity contribution < 1.29 is 19.1 Å². The summed E-state index contributed by atoms with van der Waals surface area (Å²) in [4.78, 5) is 36.9. The summed E-state index contributed by atoms with van der Waals surface area (Å²) < 4.78 is 4.86. The highest BCUT2D eigenvalue weighted by Gasteiger charge is 2.43. The first-order chi connectivity index (χ1) is 12.5. The summed E-state index contributed by atoms with van der Waals surface area (Å²) in [5, 5.41) is 9.02. The molecule has 2 aliphatic heterocycles. The Balaban J connectivity index is 1.58. The number of rotatable bonds is 5. The lowest BCUT2D eigenvalue weighted by Crippen LogP contribution is -2.50. The number of amides is 2. The minimum Gasteiger partial charge on any atom is -0.467 e. The maximum Gasteiger partial charge on any atom is 0.328 e. The molecule has 1 spiro atoms. The Labute approximate surface area is 155 Å². The Morgan fingerprint density at radius 1 is 1.27 bits per heavy atom. The number of nitrogens with one attached hydrogen (secondary N) is 3. The maximum absolute atomic E-state index is 12.7. The van der Waals surface area contributed by atoms with E-state index in [2.05, 4.69) is 16.0 Å². The summed E-state index contributed by atoms with van der Waals surface area (Å²) in [5.41, 5.74) is 0.240. The third-order valence-electron chi connectivity index (χ3n) is 6.31. The number of carbonyl (C=O) groups is 3. The molecular formula is C19H31N3O4. The summed E-state index contributed by atoms with van der Waals surface area (Å²) >= 11 is 0. The van der Waals surface area contributed by atoms with E-state index in [4.69, 9.17) is 4.74 Å². The van der Waals surface area contributed by atoms with Gasteiger partial charge in [-0.3, -0.25) is 9.59 Å². The van der Waals surface area contributed by atoms with E-state index in [0.717, 1.165) is 25.8 Å². The van der Waals surface area contributed by atoms with Crippen molar-refractivity contribution in [3.63, 3.8) is 0 Å². The summed E-state index contributed by atoms with van der Waals surface area (Å²) in [7, 11) is 1.31. The molecule has 0 aromatic rings. The van der Waals surface area contributed by atoms with Crippen LogP contribution in [0.5, 0.6) is 0 Å². The van der Waals surface area contributed by atoms with Gasteiger partial charge in [-0.05, 0) is 43.9 Å². The molecule has 7 heteroatoms. The number of piperidine rings is 1. The summed E-state index contributed by atoms with van der Waals surface area (Å²) in [6.07, 6.45) is 8.85. The second-order valence-electron chi connectivity index (χ2n) is 8.15. The van der Waals surface area contributed by atoms with Gasteiger partial charge < -0.3 is 20.7 Å². The zero-order valence-electron chi connectivity index (χ0n) is 15.6. The third kappa shape index (κ3) is 4.37. The van der Waals surface area contributed by atoms with E-state index in [9.17, 15) is 14.4 Å². The average Bonchev–Trinajstić information content (AvgIpc) is 3.06. The molecule has 2 heterocycles. The van der Waals surface area contributed by atoms with Crippen molar-refractivity contribution >= 4 is 17.8 Å². The summed E-state index contributed by atoms with van der Waals surface area (Å²) in [6.45, 7) is 1.55. The Bertz CT molecular complexity index is 545. The van der Waals surface area contributed by atoms with Gasteiger partial charge >= 0.3 is 5.97 Å². The highest BCUT2D eigenvalue weighted by atomic mass is 16.5. The largest absolute Gasteiger partial charge is 0.467 e. The monoisotopic (exact) mass is 365 g/mol. The summed E-state index contributed by atoms with van der Waals surface area (Å²) in [6, 6.07) is -1.04. The number of carbonyl (C=O) groups excluding carboxylic acids is 3. The van der Waals surface area contributed by atoms with E-state index in [0.29, 0.717) is 13.0 Å². The van der Waals surface area contributed by atoms with Crippen LogP contribution < -0.4 is 16.0 Å². The Morgan fingerprint density at radius 2 is 2.04 bits per heavy atom. The smallest absolute Gasteiger partial charge is 0.328 e. The first-order valence-electron chi connectivity index (χ1n) is 9.92. The highest BCUT2D eigenvalue weighted by Crippen LogP contribution is 2.42. The topological polar surface area (TPSA) is 96.5 Å².